The van der Waals surface area contributed by atoms with Crippen LogP contribution in [0.15, 0.2) is 39.5 Å². The topological polar surface area (TPSA) is 290 Å². The number of ether oxygens (including phenoxy) is 4. The third-order valence-electron chi connectivity index (χ3n) is 7.35. The Labute approximate surface area is 246 Å². The monoisotopic (exact) mass is 626 g/mol. The van der Waals surface area contributed by atoms with Crippen LogP contribution in [-0.2, 0) is 14.2 Å². The smallest absolute Gasteiger partial charge is 0.239 e. The Morgan fingerprint density at radius 1 is 0.705 bits per heavy atom. The molecule has 17 nitrogen and oxygen atoms in total. The van der Waals surface area contributed by atoms with Gasteiger partial charge in [-0.15, -0.1) is 0 Å². The molecule has 11 N–H and O–H groups in total. The third-order valence-corrected chi connectivity index (χ3v) is 7.35. The largest absolute Gasteiger partial charge is 0.508 e. The minimum Gasteiger partial charge on any atom is -0.508 e. The molecule has 44 heavy (non-hydrogen) atoms. The standard InChI is InChI=1S/C27H30O17/c28-6-14-17(34)20(37)21(38)26(41-14)43-24-18(35)15(7-29)42-27(22(24)39)44-25-19(36)16-12(33)4-9(30)5-13(16)40-23(25)8-1-2-10(31)11(32)3-8/h1-5,14-15,17-18,20-22,24,26-35,37-39H,6-7H2/t14?,15?,17-,18-,20?,21-,22?,24?,26+,27+/m1/s1. The van der Waals surface area contributed by atoms with E-state index in [1.54, 1.807) is 0 Å². The maximum absolute atomic E-state index is 13.6. The van der Waals surface area contributed by atoms with Crippen molar-refractivity contribution in [1.82, 2.24) is 0 Å². The molecule has 2 fully saturated rings. The molecule has 0 saturated carbocycles. The predicted molar refractivity (Wildman–Crippen MR) is 142 cm³/mol. The molecule has 2 aliphatic rings. The first-order valence-electron chi connectivity index (χ1n) is 13.2. The maximum atomic E-state index is 13.6. The summed E-state index contributed by atoms with van der Waals surface area (Å²) in [6.07, 6.45) is -17.9. The number of phenolic OH excluding ortho intramolecular Hbond substituents is 4. The van der Waals surface area contributed by atoms with Crippen LogP contribution in [0.5, 0.6) is 28.7 Å². The van der Waals surface area contributed by atoms with Gasteiger partial charge in [0.2, 0.25) is 17.5 Å². The van der Waals surface area contributed by atoms with Crippen molar-refractivity contribution in [3.8, 4) is 40.1 Å². The summed E-state index contributed by atoms with van der Waals surface area (Å²) in [4.78, 5) is 13.6. The molecule has 0 spiro atoms. The molecule has 240 valence electrons. The van der Waals surface area contributed by atoms with Crippen LogP contribution in [-0.4, -0.2) is 131 Å². The molecule has 0 bridgehead atoms. The second kappa shape index (κ2) is 12.3. The molecule has 10 atom stereocenters. The Kier molecular flexibility index (Phi) is 8.87. The minimum absolute atomic E-state index is 0.0599. The van der Waals surface area contributed by atoms with Crippen molar-refractivity contribution in [2.24, 2.45) is 0 Å². The van der Waals surface area contributed by atoms with Crippen molar-refractivity contribution in [3.05, 3.63) is 40.6 Å². The highest BCUT2D eigenvalue weighted by Crippen LogP contribution is 2.40. The summed E-state index contributed by atoms with van der Waals surface area (Å²) in [7, 11) is 0. The van der Waals surface area contributed by atoms with Crippen molar-refractivity contribution in [2.75, 3.05) is 13.2 Å². The predicted octanol–water partition coefficient (Wildman–Crippen LogP) is -2.71. The molecule has 0 amide bonds. The second-order valence-electron chi connectivity index (χ2n) is 10.3. The van der Waals surface area contributed by atoms with Gasteiger partial charge < -0.3 is 79.5 Å². The fourth-order valence-corrected chi connectivity index (χ4v) is 4.99. The van der Waals surface area contributed by atoms with Crippen molar-refractivity contribution >= 4 is 11.0 Å². The van der Waals surface area contributed by atoms with E-state index < -0.39 is 120 Å². The molecule has 3 heterocycles. The quantitative estimate of drug-likeness (QED) is 0.119. The van der Waals surface area contributed by atoms with E-state index in [1.165, 1.54) is 6.07 Å². The first-order chi connectivity index (χ1) is 20.9. The van der Waals surface area contributed by atoms with Crippen LogP contribution in [0.3, 0.4) is 0 Å². The normalized spacial score (nSPS) is 32.5. The van der Waals surface area contributed by atoms with E-state index in [-0.39, 0.29) is 11.1 Å². The summed E-state index contributed by atoms with van der Waals surface area (Å²) in [6.45, 7) is -1.68. The summed E-state index contributed by atoms with van der Waals surface area (Å²) in [5, 5.41) is 111. The van der Waals surface area contributed by atoms with Gasteiger partial charge in [0, 0.05) is 17.7 Å². The number of rotatable bonds is 7. The summed E-state index contributed by atoms with van der Waals surface area (Å²) < 4.78 is 27.8. The average Bonchev–Trinajstić information content (AvgIpc) is 2.98. The fourth-order valence-electron chi connectivity index (χ4n) is 4.99. The lowest BCUT2D eigenvalue weighted by Gasteiger charge is -2.45. The van der Waals surface area contributed by atoms with Crippen LogP contribution in [0.4, 0.5) is 0 Å². The Morgan fingerprint density at radius 2 is 1.36 bits per heavy atom. The van der Waals surface area contributed by atoms with Crippen molar-refractivity contribution in [1.29, 1.82) is 0 Å². The van der Waals surface area contributed by atoms with E-state index >= 15 is 0 Å². The number of aromatic hydroxyl groups is 4. The Morgan fingerprint density at radius 3 is 2.02 bits per heavy atom. The highest BCUT2D eigenvalue weighted by atomic mass is 16.7. The van der Waals surface area contributed by atoms with Crippen molar-refractivity contribution < 1.29 is 79.5 Å². The van der Waals surface area contributed by atoms with E-state index in [2.05, 4.69) is 0 Å². The van der Waals surface area contributed by atoms with Gasteiger partial charge in [-0.2, -0.15) is 0 Å². The van der Waals surface area contributed by atoms with Gasteiger partial charge in [0.05, 0.1) is 13.2 Å². The Bertz CT molecular complexity index is 1560. The summed E-state index contributed by atoms with van der Waals surface area (Å²) in [5.41, 5.74) is -1.43. The molecule has 2 aromatic carbocycles. The second-order valence-corrected chi connectivity index (χ2v) is 10.3. The third kappa shape index (κ3) is 5.61. The highest BCUT2D eigenvalue weighted by Gasteiger charge is 2.51. The zero-order chi connectivity index (χ0) is 32.0. The van der Waals surface area contributed by atoms with Crippen LogP contribution in [0, 0.1) is 0 Å². The van der Waals surface area contributed by atoms with Crippen LogP contribution < -0.4 is 10.2 Å². The highest BCUT2D eigenvalue weighted by molar-refractivity contribution is 5.88. The molecule has 5 rings (SSSR count). The van der Waals surface area contributed by atoms with Crippen molar-refractivity contribution in [2.45, 2.75) is 61.4 Å². The van der Waals surface area contributed by atoms with Gasteiger partial charge in [-0.05, 0) is 18.2 Å². The first-order valence-corrected chi connectivity index (χ1v) is 13.2. The van der Waals surface area contributed by atoms with Gasteiger partial charge >= 0.3 is 0 Å². The van der Waals surface area contributed by atoms with E-state index in [9.17, 15) is 61.0 Å². The van der Waals surface area contributed by atoms with Gasteiger partial charge in [0.15, 0.2) is 23.5 Å². The summed E-state index contributed by atoms with van der Waals surface area (Å²) >= 11 is 0. The summed E-state index contributed by atoms with van der Waals surface area (Å²) in [5.74, 6) is -3.49. The molecule has 1 aromatic heterocycles. The lowest BCUT2D eigenvalue weighted by Crippen LogP contribution is -2.65. The first kappa shape index (κ1) is 31.7. The molecule has 0 aliphatic carbocycles. The molecule has 17 heteroatoms. The lowest BCUT2D eigenvalue weighted by molar-refractivity contribution is -0.352. The van der Waals surface area contributed by atoms with Crippen LogP contribution in [0.2, 0.25) is 0 Å². The van der Waals surface area contributed by atoms with Gasteiger partial charge in [0.1, 0.15) is 71.3 Å². The molecule has 5 unspecified atom stereocenters. The van der Waals surface area contributed by atoms with Gasteiger partial charge in [0.25, 0.3) is 0 Å². The van der Waals surface area contributed by atoms with E-state index in [0.29, 0.717) is 0 Å². The number of hydrogen-bond acceptors (Lipinski definition) is 17. The Hall–Kier alpha value is -3.75. The van der Waals surface area contributed by atoms with Gasteiger partial charge in [-0.1, -0.05) is 0 Å². The molecule has 3 aromatic rings. The van der Waals surface area contributed by atoms with Crippen LogP contribution >= 0.6 is 0 Å². The number of phenols is 4. The molecule has 2 saturated heterocycles. The van der Waals surface area contributed by atoms with Gasteiger partial charge in [-0.25, -0.2) is 0 Å². The van der Waals surface area contributed by atoms with Crippen molar-refractivity contribution in [3.63, 3.8) is 0 Å². The number of hydrogen-bond donors (Lipinski definition) is 11. The molecule has 0 radical (unpaired) electrons. The molecular formula is C27H30O17. The number of benzene rings is 2. The van der Waals surface area contributed by atoms with E-state index in [1.807, 2.05) is 0 Å². The van der Waals surface area contributed by atoms with Crippen LogP contribution in [0.25, 0.3) is 22.3 Å². The number of aliphatic hydroxyl groups is 7. The van der Waals surface area contributed by atoms with E-state index in [0.717, 1.165) is 24.3 Å². The lowest BCUT2D eigenvalue weighted by atomic mass is 9.97. The number of fused-ring (bicyclic) bond motifs is 1. The maximum Gasteiger partial charge on any atom is 0.239 e. The van der Waals surface area contributed by atoms with E-state index in [4.69, 9.17) is 23.4 Å². The van der Waals surface area contributed by atoms with Crippen LogP contribution in [0.1, 0.15) is 0 Å². The van der Waals surface area contributed by atoms with Gasteiger partial charge in [-0.3, -0.25) is 4.79 Å². The summed E-state index contributed by atoms with van der Waals surface area (Å²) in [6, 6.07) is 5.14. The SMILES string of the molecule is O=c1c(O[C@@H]2OC(CO)[C@@H](O)C(O[C@@H]3OC(CO)[C@@H](O)C(O)[C@H]3O)C2O)c(-c2ccc(O)c(O)c2)oc2cc(O)cc(O)c12. The number of aliphatic hydroxyl groups excluding tert-OH is 7. The zero-order valence-corrected chi connectivity index (χ0v) is 22.4. The molecule has 2 aliphatic heterocycles. The zero-order valence-electron chi connectivity index (χ0n) is 22.4. The Balaban J connectivity index is 1.55. The minimum atomic E-state index is -2.04. The average molecular weight is 627 g/mol. The fraction of sp³-hybridized carbons (Fsp3) is 0.444. The molecular weight excluding hydrogens is 596 g/mol.